The molecule has 0 atom stereocenters. The van der Waals surface area contributed by atoms with Crippen LogP contribution in [0.5, 0.6) is 0 Å². The van der Waals surface area contributed by atoms with Crippen molar-refractivity contribution in [3.8, 4) is 0 Å². The minimum absolute atomic E-state index is 0. The molecule has 12 aromatic carbocycles. The van der Waals surface area contributed by atoms with Crippen LogP contribution in [0.3, 0.4) is 0 Å². The molecule has 0 unspecified atom stereocenters. The molecule has 12 rings (SSSR count). The van der Waals surface area contributed by atoms with Gasteiger partial charge in [-0.2, -0.15) is 0 Å². The van der Waals surface area contributed by atoms with Crippen LogP contribution in [-0.2, 0) is 18.3 Å². The van der Waals surface area contributed by atoms with Crippen LogP contribution in [0.2, 0.25) is 0 Å². The van der Waals surface area contributed by atoms with Gasteiger partial charge < -0.3 is 18.3 Å². The van der Waals surface area contributed by atoms with Crippen LogP contribution in [0.25, 0.3) is 0 Å². The monoisotopic (exact) mass is 1350 g/mol. The van der Waals surface area contributed by atoms with Gasteiger partial charge in [-0.05, 0) is 0 Å². The van der Waals surface area contributed by atoms with Crippen molar-refractivity contribution in [2.45, 2.75) is 0 Å². The average Bonchev–Trinajstić information content (AvgIpc) is 2.53. The number of rotatable bonds is 12. The molecule has 3 N–H and O–H groups in total. The summed E-state index contributed by atoms with van der Waals surface area (Å²) in [5, 5.41) is 10.5. The molecule has 0 amide bonds. The zero-order valence-corrected chi connectivity index (χ0v) is 54.2. The second-order valence-electron chi connectivity index (χ2n) is 18.9. The maximum absolute atomic E-state index is 13.8. The first-order valence-electron chi connectivity index (χ1n) is 27.0. The van der Waals surface area contributed by atoms with Crippen LogP contribution < -0.4 is 68.3 Å². The third-order valence-electron chi connectivity index (χ3n) is 13.4. The Balaban J connectivity index is 0.000000159. The standard InChI is InChI=1S/4C18H15OP.Ce.ClH3O4/c4*19-20(16-10-4-1-5-11-16,17-12-6-2-7-13-17)18-14-8-3-9-15-18;;2-1(3,4)5/h4*1-15H;;2-4H/q;;;;+3;. The predicted molar refractivity (Wildman–Crippen MR) is 350 cm³/mol. The van der Waals surface area contributed by atoms with Gasteiger partial charge in [0.1, 0.15) is 0 Å². The zero-order chi connectivity index (χ0) is 59.9. The van der Waals surface area contributed by atoms with Gasteiger partial charge in [0.25, 0.3) is 0 Å². The van der Waals surface area contributed by atoms with Crippen molar-refractivity contribution in [2.75, 3.05) is 0 Å². The summed E-state index contributed by atoms with van der Waals surface area (Å²) in [6.07, 6.45) is 0. The van der Waals surface area contributed by atoms with Crippen LogP contribution in [0.4, 0.5) is 0 Å². The molecule has 86 heavy (non-hydrogen) atoms. The van der Waals surface area contributed by atoms with E-state index in [0.29, 0.717) is 0 Å². The topological polar surface area (TPSA) is 152 Å². The van der Waals surface area contributed by atoms with Crippen LogP contribution in [-0.4, -0.2) is 14.0 Å². The van der Waals surface area contributed by atoms with Gasteiger partial charge in [0.05, 0.1) is 0 Å². The number of halogens is 1. The number of benzene rings is 12. The SMILES string of the molecule is O=P(c1ccccc1)(c1ccccc1)c1ccccc1.O=P(c1ccccc1)(c1ccccc1)c1ccccc1.O=P(c1ccccc1)(c1ccccc1)c1ccccc1.O=P(c1ccccc1)(c1ccccc1)c1ccccc1.[Ce+3].[O-][Cl+](O)(O)O. The molecule has 427 valence electrons. The maximum atomic E-state index is 13.8. The fraction of sp³-hybridized carbons (Fsp3) is 0. The Morgan fingerprint density at radius 1 is 0.186 bits per heavy atom. The summed E-state index contributed by atoms with van der Waals surface area (Å²) in [5.41, 5.74) is 0. The first kappa shape index (κ1) is 66.6. The molecule has 1 radical (unpaired) electrons. The van der Waals surface area contributed by atoms with Gasteiger partial charge >= 0.3 is 70.6 Å². The summed E-state index contributed by atoms with van der Waals surface area (Å²) in [5.74, 6) is 0. The molecular weight excluding hydrogens is 1290 g/mol. The second-order valence-corrected chi connectivity index (χ2v) is 30.8. The van der Waals surface area contributed by atoms with E-state index in [2.05, 4.69) is 0 Å². The summed E-state index contributed by atoms with van der Waals surface area (Å²) in [6.45, 7) is 0. The quantitative estimate of drug-likeness (QED) is 0.102. The molecule has 0 saturated carbocycles. The van der Waals surface area contributed by atoms with Gasteiger partial charge in [0, 0.05) is 63.7 Å². The van der Waals surface area contributed by atoms with E-state index in [9.17, 15) is 18.3 Å². The molecule has 0 heterocycles. The van der Waals surface area contributed by atoms with Crippen LogP contribution in [0, 0.1) is 52.0 Å². The van der Waals surface area contributed by atoms with Crippen LogP contribution in [0.15, 0.2) is 364 Å². The van der Waals surface area contributed by atoms with E-state index in [1.165, 1.54) is 0 Å². The molecular formula is C72H63CeClO8P4+3. The van der Waals surface area contributed by atoms with E-state index in [1.54, 1.807) is 0 Å². The summed E-state index contributed by atoms with van der Waals surface area (Å²) >= 11 is 0. The van der Waals surface area contributed by atoms with Crippen molar-refractivity contribution in [3.63, 3.8) is 0 Å². The summed E-state index contributed by atoms with van der Waals surface area (Å²) in [4.78, 5) is 0. The van der Waals surface area contributed by atoms with Crippen molar-refractivity contribution >= 4 is 92.2 Å². The minimum atomic E-state index is -4.19. The fourth-order valence-electron chi connectivity index (χ4n) is 9.44. The molecule has 0 aliphatic rings. The normalized spacial score (nSPS) is 11.3. The first-order chi connectivity index (χ1) is 41.3. The fourth-order valence-corrected chi connectivity index (χ4v) is 20.1. The summed E-state index contributed by atoms with van der Waals surface area (Å²) in [6, 6.07) is 117. The van der Waals surface area contributed by atoms with Crippen molar-refractivity contribution < 1.29 is 88.9 Å². The van der Waals surface area contributed by atoms with Crippen LogP contribution in [0.1, 0.15) is 0 Å². The van der Waals surface area contributed by atoms with Crippen molar-refractivity contribution in [1.82, 2.24) is 0 Å². The summed E-state index contributed by atoms with van der Waals surface area (Å²) < 4.78 is 85.5. The molecule has 0 spiro atoms. The van der Waals surface area contributed by atoms with E-state index in [4.69, 9.17) is 18.6 Å². The van der Waals surface area contributed by atoms with Crippen LogP contribution >= 0.6 is 28.6 Å². The third kappa shape index (κ3) is 17.2. The van der Waals surface area contributed by atoms with E-state index < -0.39 is 38.8 Å². The molecule has 0 aliphatic carbocycles. The molecule has 8 nitrogen and oxygen atoms in total. The molecule has 0 bridgehead atoms. The Hall–Kier alpha value is -6.93. The number of hydrogen-bond donors (Lipinski definition) is 3. The van der Waals surface area contributed by atoms with E-state index >= 15 is 0 Å². The third-order valence-corrected chi connectivity index (χ3v) is 25.7. The first-order valence-corrected chi connectivity index (χ1v) is 35.2. The number of hydrogen-bond acceptors (Lipinski definition) is 8. The Bertz CT molecular complexity index is 3130. The van der Waals surface area contributed by atoms with Gasteiger partial charge in [-0.25, -0.2) is 0 Å². The predicted octanol–water partition coefficient (Wildman–Crippen LogP) is 10.4. The molecule has 0 aliphatic heterocycles. The summed E-state index contributed by atoms with van der Waals surface area (Å²) in [7, 11) is -15.3. The molecule has 0 saturated heterocycles. The van der Waals surface area contributed by atoms with Crippen molar-refractivity contribution in [3.05, 3.63) is 364 Å². The van der Waals surface area contributed by atoms with Gasteiger partial charge in [-0.15, -0.1) is 0 Å². The van der Waals surface area contributed by atoms with Gasteiger partial charge in [-0.1, -0.05) is 364 Å². The Kier molecular flexibility index (Phi) is 25.3. The second kappa shape index (κ2) is 32.7. The molecule has 0 fully saturated rings. The zero-order valence-electron chi connectivity index (χ0n) is 46.7. The molecule has 12 aromatic rings. The Morgan fingerprint density at radius 2 is 0.244 bits per heavy atom. The van der Waals surface area contributed by atoms with E-state index in [1.807, 2.05) is 364 Å². The van der Waals surface area contributed by atoms with Gasteiger partial charge in [0.15, 0.2) is 28.6 Å². The molecule has 0 aromatic heterocycles. The van der Waals surface area contributed by atoms with E-state index in [-0.39, 0.29) is 41.7 Å². The van der Waals surface area contributed by atoms with Crippen molar-refractivity contribution in [1.29, 1.82) is 0 Å². The van der Waals surface area contributed by atoms with Gasteiger partial charge in [-0.3, -0.25) is 0 Å². The van der Waals surface area contributed by atoms with Gasteiger partial charge in [0.2, 0.25) is 0 Å². The van der Waals surface area contributed by atoms with Crippen molar-refractivity contribution in [2.24, 2.45) is 0 Å². The Labute approximate surface area is 540 Å². The van der Waals surface area contributed by atoms with E-state index in [0.717, 1.165) is 63.7 Å². The molecule has 14 heteroatoms. The Morgan fingerprint density at radius 3 is 0.302 bits per heavy atom. The average molecular weight is 1360 g/mol.